The Kier molecular flexibility index (Phi) is 6.55. The molecule has 0 bridgehead atoms. The third-order valence-electron chi connectivity index (χ3n) is 3.34. The largest absolute Gasteiger partial charge is 0.379 e. The van der Waals surface area contributed by atoms with Crippen molar-refractivity contribution in [3.63, 3.8) is 0 Å². The van der Waals surface area contributed by atoms with Crippen molar-refractivity contribution >= 4 is 9.84 Å². The predicted molar refractivity (Wildman–Crippen MR) is 73.7 cm³/mol. The van der Waals surface area contributed by atoms with Crippen molar-refractivity contribution in [2.24, 2.45) is 0 Å². The fraction of sp³-hybridized carbons (Fsp3) is 1.00. The minimum Gasteiger partial charge on any atom is -0.379 e. The Balaban J connectivity index is 0.000000180. The van der Waals surface area contributed by atoms with Crippen molar-refractivity contribution in [1.82, 2.24) is 9.80 Å². The fourth-order valence-electron chi connectivity index (χ4n) is 1.90. The number of hydrogen-bond acceptors (Lipinski definition) is 5. The van der Waals surface area contributed by atoms with Crippen LogP contribution in [0.5, 0.6) is 0 Å². The summed E-state index contributed by atoms with van der Waals surface area (Å²) in [5.41, 5.74) is 0. The third kappa shape index (κ3) is 6.13. The lowest BCUT2D eigenvalue weighted by Crippen LogP contribution is -2.40. The molecule has 18 heavy (non-hydrogen) atoms. The van der Waals surface area contributed by atoms with E-state index in [1.165, 1.54) is 0 Å². The molecule has 0 aliphatic carbocycles. The first-order valence-electron chi connectivity index (χ1n) is 6.61. The number of ether oxygens (including phenoxy) is 1. The average molecular weight is 278 g/mol. The molecular weight excluding hydrogens is 252 g/mol. The number of morpholine rings is 1. The molecule has 108 valence electrons. The monoisotopic (exact) mass is 278 g/mol. The van der Waals surface area contributed by atoms with E-state index in [0.717, 1.165) is 26.3 Å². The van der Waals surface area contributed by atoms with Crippen LogP contribution in [0.1, 0.15) is 13.8 Å². The first-order valence-corrected chi connectivity index (χ1v) is 8.43. The number of nitrogens with zero attached hydrogens (tertiary/aromatic N) is 2. The molecule has 6 heteroatoms. The highest BCUT2D eigenvalue weighted by Gasteiger charge is 2.18. The molecule has 2 saturated heterocycles. The van der Waals surface area contributed by atoms with Crippen molar-refractivity contribution in [2.45, 2.75) is 19.9 Å². The SMILES string of the molecule is CC(C)N1CCOCC1.CN1CCS(=O)(=O)CC1. The molecule has 0 unspecified atom stereocenters. The Hall–Kier alpha value is -0.170. The van der Waals surface area contributed by atoms with Gasteiger partial charge in [-0.2, -0.15) is 0 Å². The zero-order valence-electron chi connectivity index (χ0n) is 11.8. The molecule has 0 atom stereocenters. The van der Waals surface area contributed by atoms with Gasteiger partial charge in [-0.15, -0.1) is 0 Å². The second kappa shape index (κ2) is 7.43. The van der Waals surface area contributed by atoms with Gasteiger partial charge in [-0.05, 0) is 20.9 Å². The van der Waals surface area contributed by atoms with Gasteiger partial charge in [-0.1, -0.05) is 0 Å². The minimum absolute atomic E-state index is 0.337. The number of hydrogen-bond donors (Lipinski definition) is 0. The molecular formula is C12H26N2O3S. The Bertz CT molecular complexity index is 310. The zero-order valence-corrected chi connectivity index (χ0v) is 12.6. The molecule has 2 fully saturated rings. The summed E-state index contributed by atoms with van der Waals surface area (Å²) in [6, 6.07) is 0.689. The van der Waals surface area contributed by atoms with E-state index in [4.69, 9.17) is 4.74 Å². The molecule has 0 spiro atoms. The van der Waals surface area contributed by atoms with Crippen LogP contribution in [0, 0.1) is 0 Å². The average Bonchev–Trinajstić information content (AvgIpc) is 2.35. The molecule has 2 aliphatic rings. The first-order chi connectivity index (χ1) is 8.41. The molecule has 0 saturated carbocycles. The van der Waals surface area contributed by atoms with Crippen LogP contribution in [0.4, 0.5) is 0 Å². The summed E-state index contributed by atoms with van der Waals surface area (Å²) in [6.45, 7) is 9.90. The van der Waals surface area contributed by atoms with Crippen molar-refractivity contribution < 1.29 is 13.2 Å². The summed E-state index contributed by atoms with van der Waals surface area (Å²) in [7, 11) is -0.718. The first kappa shape index (κ1) is 15.9. The maximum atomic E-state index is 10.8. The van der Waals surface area contributed by atoms with Gasteiger partial charge in [0, 0.05) is 32.2 Å². The lowest BCUT2D eigenvalue weighted by molar-refractivity contribution is 0.0238. The third-order valence-corrected chi connectivity index (χ3v) is 4.95. The second-order valence-corrected chi connectivity index (χ2v) is 7.50. The van der Waals surface area contributed by atoms with Gasteiger partial charge in [0.05, 0.1) is 24.7 Å². The van der Waals surface area contributed by atoms with E-state index in [0.29, 0.717) is 30.6 Å². The van der Waals surface area contributed by atoms with E-state index in [1.54, 1.807) is 0 Å². The van der Waals surface area contributed by atoms with Gasteiger partial charge >= 0.3 is 0 Å². The van der Waals surface area contributed by atoms with Crippen LogP contribution >= 0.6 is 0 Å². The summed E-state index contributed by atoms with van der Waals surface area (Å²) < 4.78 is 26.7. The van der Waals surface area contributed by atoms with E-state index in [1.807, 2.05) is 11.9 Å². The standard InChI is InChI=1S/C7H15NO.C5H11NO2S/c1-7(2)8-3-5-9-6-4-8;1-6-2-4-9(7,8)5-3-6/h7H,3-6H2,1-2H3;2-5H2,1H3. The van der Waals surface area contributed by atoms with Gasteiger partial charge in [0.25, 0.3) is 0 Å². The molecule has 0 aromatic rings. The molecule has 0 N–H and O–H groups in total. The summed E-state index contributed by atoms with van der Waals surface area (Å²) in [6.07, 6.45) is 0. The molecule has 2 heterocycles. The number of rotatable bonds is 1. The lowest BCUT2D eigenvalue weighted by atomic mass is 10.3. The Morgan fingerprint density at radius 2 is 1.50 bits per heavy atom. The van der Waals surface area contributed by atoms with Gasteiger partial charge in [0.1, 0.15) is 0 Å². The summed E-state index contributed by atoms with van der Waals surface area (Å²) in [4.78, 5) is 4.46. The molecule has 5 nitrogen and oxygen atoms in total. The van der Waals surface area contributed by atoms with Gasteiger partial charge in [0.15, 0.2) is 9.84 Å². The molecule has 2 aliphatic heterocycles. The molecule has 2 rings (SSSR count). The van der Waals surface area contributed by atoms with E-state index in [-0.39, 0.29) is 0 Å². The van der Waals surface area contributed by atoms with Gasteiger partial charge < -0.3 is 9.64 Å². The van der Waals surface area contributed by atoms with Crippen molar-refractivity contribution in [3.05, 3.63) is 0 Å². The molecule has 0 amide bonds. The van der Waals surface area contributed by atoms with Gasteiger partial charge in [-0.3, -0.25) is 4.90 Å². The van der Waals surface area contributed by atoms with Crippen LogP contribution in [-0.2, 0) is 14.6 Å². The predicted octanol–water partition coefficient (Wildman–Crippen LogP) is 0.0736. The summed E-state index contributed by atoms with van der Waals surface area (Å²) in [5.74, 6) is 0.674. The minimum atomic E-state index is -2.66. The smallest absolute Gasteiger partial charge is 0.152 e. The van der Waals surface area contributed by atoms with Crippen LogP contribution in [0.2, 0.25) is 0 Å². The van der Waals surface area contributed by atoms with Crippen LogP contribution in [0.3, 0.4) is 0 Å². The van der Waals surface area contributed by atoms with Gasteiger partial charge in [0.2, 0.25) is 0 Å². The number of sulfone groups is 1. The lowest BCUT2D eigenvalue weighted by Gasteiger charge is -2.29. The zero-order chi connectivity index (χ0) is 13.6. The summed E-state index contributed by atoms with van der Waals surface area (Å²) >= 11 is 0. The highest BCUT2D eigenvalue weighted by molar-refractivity contribution is 7.91. The Labute approximate surface area is 111 Å². The molecule has 0 aromatic carbocycles. The Morgan fingerprint density at radius 3 is 1.83 bits per heavy atom. The topological polar surface area (TPSA) is 49.9 Å². The van der Waals surface area contributed by atoms with Gasteiger partial charge in [-0.25, -0.2) is 8.42 Å². The highest BCUT2D eigenvalue weighted by atomic mass is 32.2. The van der Waals surface area contributed by atoms with Crippen molar-refractivity contribution in [3.8, 4) is 0 Å². The van der Waals surface area contributed by atoms with Crippen molar-refractivity contribution in [1.29, 1.82) is 0 Å². The molecule has 0 radical (unpaired) electrons. The summed E-state index contributed by atoms with van der Waals surface area (Å²) in [5, 5.41) is 0. The fourth-order valence-corrected chi connectivity index (χ4v) is 3.28. The maximum absolute atomic E-state index is 10.8. The van der Waals surface area contributed by atoms with Crippen LogP contribution in [0.25, 0.3) is 0 Å². The Morgan fingerprint density at radius 1 is 1.00 bits per heavy atom. The highest BCUT2D eigenvalue weighted by Crippen LogP contribution is 2.01. The van der Waals surface area contributed by atoms with Crippen LogP contribution in [-0.4, -0.2) is 82.2 Å². The van der Waals surface area contributed by atoms with Crippen LogP contribution in [0.15, 0.2) is 0 Å². The van der Waals surface area contributed by atoms with E-state index in [2.05, 4.69) is 18.7 Å². The van der Waals surface area contributed by atoms with E-state index >= 15 is 0 Å². The van der Waals surface area contributed by atoms with E-state index < -0.39 is 9.84 Å². The molecule has 0 aromatic heterocycles. The van der Waals surface area contributed by atoms with E-state index in [9.17, 15) is 8.42 Å². The second-order valence-electron chi connectivity index (χ2n) is 5.20. The van der Waals surface area contributed by atoms with Crippen molar-refractivity contribution in [2.75, 3.05) is 57.9 Å². The van der Waals surface area contributed by atoms with Crippen LogP contribution < -0.4 is 0 Å². The quantitative estimate of drug-likeness (QED) is 0.679. The normalized spacial score (nSPS) is 25.6. The maximum Gasteiger partial charge on any atom is 0.152 e.